The lowest BCUT2D eigenvalue weighted by atomic mass is 10.2. The molecule has 0 atom stereocenters. The fourth-order valence-electron chi connectivity index (χ4n) is 2.26. The van der Waals surface area contributed by atoms with E-state index in [1.807, 2.05) is 18.2 Å². The van der Waals surface area contributed by atoms with Crippen molar-refractivity contribution in [3.05, 3.63) is 24.3 Å². The van der Waals surface area contributed by atoms with E-state index in [9.17, 15) is 4.79 Å². The minimum absolute atomic E-state index is 0.0282. The van der Waals surface area contributed by atoms with Crippen LogP contribution < -0.4 is 15.5 Å². The van der Waals surface area contributed by atoms with Crippen LogP contribution in [0, 0.1) is 5.92 Å². The zero-order valence-corrected chi connectivity index (χ0v) is 12.9. The topological polar surface area (TPSA) is 53.6 Å². The minimum Gasteiger partial charge on any atom is -0.378 e. The Balaban J connectivity index is 1.92. The van der Waals surface area contributed by atoms with Crippen molar-refractivity contribution in [2.45, 2.75) is 13.8 Å². The zero-order valence-electron chi connectivity index (χ0n) is 12.9. The summed E-state index contributed by atoms with van der Waals surface area (Å²) in [6.07, 6.45) is 0. The van der Waals surface area contributed by atoms with E-state index in [1.165, 1.54) is 0 Å². The monoisotopic (exact) mass is 291 g/mol. The van der Waals surface area contributed by atoms with Crippen molar-refractivity contribution < 1.29 is 9.53 Å². The Morgan fingerprint density at radius 2 is 2.00 bits per heavy atom. The fraction of sp³-hybridized carbons (Fsp3) is 0.562. The van der Waals surface area contributed by atoms with Crippen molar-refractivity contribution in [2.75, 3.05) is 49.6 Å². The van der Waals surface area contributed by atoms with Gasteiger partial charge in [-0.3, -0.25) is 4.79 Å². The lowest BCUT2D eigenvalue weighted by Gasteiger charge is -2.30. The first-order valence-corrected chi connectivity index (χ1v) is 7.59. The molecule has 5 nitrogen and oxygen atoms in total. The van der Waals surface area contributed by atoms with Crippen LogP contribution in [0.2, 0.25) is 0 Å². The number of ether oxygens (including phenoxy) is 1. The number of para-hydroxylation sites is 2. The summed E-state index contributed by atoms with van der Waals surface area (Å²) in [6, 6.07) is 8.10. The second-order valence-corrected chi connectivity index (χ2v) is 5.67. The smallest absolute Gasteiger partial charge is 0.239 e. The van der Waals surface area contributed by atoms with Crippen LogP contribution in [0.5, 0.6) is 0 Å². The van der Waals surface area contributed by atoms with E-state index in [-0.39, 0.29) is 5.91 Å². The van der Waals surface area contributed by atoms with Crippen molar-refractivity contribution in [1.29, 1.82) is 0 Å². The van der Waals surface area contributed by atoms with Gasteiger partial charge in [-0.2, -0.15) is 0 Å². The molecule has 5 heteroatoms. The average Bonchev–Trinajstić information content (AvgIpc) is 2.52. The number of amides is 1. The van der Waals surface area contributed by atoms with Gasteiger partial charge < -0.3 is 20.3 Å². The summed E-state index contributed by atoms with van der Waals surface area (Å²) in [5.41, 5.74) is 2.14. The van der Waals surface area contributed by atoms with Gasteiger partial charge in [0.25, 0.3) is 0 Å². The molecule has 1 amide bonds. The first-order valence-electron chi connectivity index (χ1n) is 7.59. The number of hydrogen-bond donors (Lipinski definition) is 2. The number of hydrogen-bond acceptors (Lipinski definition) is 4. The predicted molar refractivity (Wildman–Crippen MR) is 85.8 cm³/mol. The molecule has 21 heavy (non-hydrogen) atoms. The van der Waals surface area contributed by atoms with Crippen molar-refractivity contribution >= 4 is 17.3 Å². The van der Waals surface area contributed by atoms with Gasteiger partial charge in [0.05, 0.1) is 31.1 Å². The van der Waals surface area contributed by atoms with Gasteiger partial charge in [0.2, 0.25) is 5.91 Å². The van der Waals surface area contributed by atoms with Crippen LogP contribution in [-0.4, -0.2) is 45.3 Å². The Kier molecular flexibility index (Phi) is 5.87. The van der Waals surface area contributed by atoms with Gasteiger partial charge in [0.15, 0.2) is 0 Å². The molecule has 0 aromatic heterocycles. The molecule has 0 aliphatic carbocycles. The van der Waals surface area contributed by atoms with E-state index < -0.39 is 0 Å². The highest BCUT2D eigenvalue weighted by atomic mass is 16.5. The summed E-state index contributed by atoms with van der Waals surface area (Å²) < 4.78 is 5.39. The average molecular weight is 291 g/mol. The van der Waals surface area contributed by atoms with Crippen LogP contribution in [0.25, 0.3) is 0 Å². The first kappa shape index (κ1) is 15.6. The largest absolute Gasteiger partial charge is 0.378 e. The van der Waals surface area contributed by atoms with E-state index in [2.05, 4.69) is 35.4 Å². The molecule has 116 valence electrons. The van der Waals surface area contributed by atoms with Crippen molar-refractivity contribution in [3.8, 4) is 0 Å². The van der Waals surface area contributed by atoms with Gasteiger partial charge in [-0.1, -0.05) is 26.0 Å². The van der Waals surface area contributed by atoms with Crippen LogP contribution >= 0.6 is 0 Å². The molecule has 1 heterocycles. The third-order valence-electron chi connectivity index (χ3n) is 3.40. The first-order chi connectivity index (χ1) is 10.2. The molecule has 1 aliphatic heterocycles. The summed E-state index contributed by atoms with van der Waals surface area (Å²) in [6.45, 7) is 8.46. The molecule has 2 N–H and O–H groups in total. The number of morpholine rings is 1. The van der Waals surface area contributed by atoms with Gasteiger partial charge in [0.1, 0.15) is 0 Å². The van der Waals surface area contributed by atoms with Crippen molar-refractivity contribution in [1.82, 2.24) is 5.32 Å². The molecule has 2 rings (SSSR count). The molecule has 0 radical (unpaired) electrons. The maximum absolute atomic E-state index is 11.8. The number of carbonyl (C=O) groups excluding carboxylic acids is 1. The Hall–Kier alpha value is -1.75. The molecule has 1 aliphatic rings. The van der Waals surface area contributed by atoms with Crippen LogP contribution in [0.3, 0.4) is 0 Å². The maximum atomic E-state index is 11.8. The second kappa shape index (κ2) is 7.88. The number of nitrogens with one attached hydrogen (secondary N) is 2. The van der Waals surface area contributed by atoms with Crippen LogP contribution in [-0.2, 0) is 9.53 Å². The molecule has 1 fully saturated rings. The predicted octanol–water partition coefficient (Wildman–Crippen LogP) is 1.71. The molecular weight excluding hydrogens is 266 g/mol. The lowest BCUT2D eigenvalue weighted by molar-refractivity contribution is -0.119. The highest BCUT2D eigenvalue weighted by Gasteiger charge is 2.14. The van der Waals surface area contributed by atoms with Crippen LogP contribution in [0.1, 0.15) is 13.8 Å². The quantitative estimate of drug-likeness (QED) is 0.838. The SMILES string of the molecule is CC(C)CNC(=O)CNc1ccccc1N1CCOCC1. The van der Waals surface area contributed by atoms with Crippen LogP contribution in [0.15, 0.2) is 24.3 Å². The van der Waals surface area contributed by atoms with Crippen molar-refractivity contribution in [3.63, 3.8) is 0 Å². The molecule has 0 spiro atoms. The molecule has 0 unspecified atom stereocenters. The Labute approximate surface area is 126 Å². The number of carbonyl (C=O) groups is 1. The van der Waals surface area contributed by atoms with Gasteiger partial charge in [-0.25, -0.2) is 0 Å². The summed E-state index contributed by atoms with van der Waals surface area (Å²) in [5, 5.41) is 6.16. The number of nitrogens with zero attached hydrogens (tertiary/aromatic N) is 1. The van der Waals surface area contributed by atoms with E-state index in [0.29, 0.717) is 19.0 Å². The molecule has 0 bridgehead atoms. The third kappa shape index (κ3) is 4.93. The van der Waals surface area contributed by atoms with Crippen molar-refractivity contribution in [2.24, 2.45) is 5.92 Å². The van der Waals surface area contributed by atoms with Crippen LogP contribution in [0.4, 0.5) is 11.4 Å². The highest BCUT2D eigenvalue weighted by molar-refractivity contribution is 5.82. The summed E-state index contributed by atoms with van der Waals surface area (Å²) in [5.74, 6) is 0.495. The second-order valence-electron chi connectivity index (χ2n) is 5.67. The third-order valence-corrected chi connectivity index (χ3v) is 3.40. The minimum atomic E-state index is 0.0282. The Morgan fingerprint density at radius 1 is 1.29 bits per heavy atom. The van der Waals surface area contributed by atoms with E-state index in [0.717, 1.165) is 37.7 Å². The van der Waals surface area contributed by atoms with Gasteiger partial charge in [0, 0.05) is 19.6 Å². The van der Waals surface area contributed by atoms with Gasteiger partial charge >= 0.3 is 0 Å². The highest BCUT2D eigenvalue weighted by Crippen LogP contribution is 2.25. The normalized spacial score (nSPS) is 15.1. The maximum Gasteiger partial charge on any atom is 0.239 e. The summed E-state index contributed by atoms with van der Waals surface area (Å²) in [7, 11) is 0. The summed E-state index contributed by atoms with van der Waals surface area (Å²) >= 11 is 0. The molecule has 0 saturated carbocycles. The zero-order chi connectivity index (χ0) is 15.1. The van der Waals surface area contributed by atoms with Gasteiger partial charge in [-0.15, -0.1) is 0 Å². The molecule has 1 aromatic carbocycles. The lowest BCUT2D eigenvalue weighted by Crippen LogP contribution is -2.37. The van der Waals surface area contributed by atoms with E-state index in [1.54, 1.807) is 0 Å². The van der Waals surface area contributed by atoms with E-state index >= 15 is 0 Å². The Bertz CT molecular complexity index is 457. The fourth-order valence-corrected chi connectivity index (χ4v) is 2.26. The van der Waals surface area contributed by atoms with Gasteiger partial charge in [-0.05, 0) is 18.1 Å². The number of anilines is 2. The molecule has 1 saturated heterocycles. The number of rotatable bonds is 6. The molecule has 1 aromatic rings. The standard InChI is InChI=1S/C16H25N3O2/c1-13(2)11-18-16(20)12-17-14-5-3-4-6-15(14)19-7-9-21-10-8-19/h3-6,13,17H,7-12H2,1-2H3,(H,18,20). The van der Waals surface area contributed by atoms with E-state index in [4.69, 9.17) is 4.74 Å². The molecular formula is C16H25N3O2. The number of benzene rings is 1. The summed E-state index contributed by atoms with van der Waals surface area (Å²) in [4.78, 5) is 14.1. The Morgan fingerprint density at radius 3 is 2.71 bits per heavy atom.